The van der Waals surface area contributed by atoms with Gasteiger partial charge in [-0.05, 0) is 26.0 Å². The Morgan fingerprint density at radius 1 is 1.30 bits per heavy atom. The molecule has 0 bridgehead atoms. The fraction of sp³-hybridized carbons (Fsp3) is 0.235. The maximum Gasteiger partial charge on any atom is 0.252 e. The number of aromatic nitrogens is 3. The summed E-state index contributed by atoms with van der Waals surface area (Å²) in [5, 5.41) is 7.82. The van der Waals surface area contributed by atoms with Crippen LogP contribution < -0.4 is 5.32 Å². The molecule has 0 fully saturated rings. The SMILES string of the molecule is Cc1cc(C(=O)NCc2ccccc2F)c2c(C)nn(C)c2n1. The van der Waals surface area contributed by atoms with Crippen LogP contribution in [0.1, 0.15) is 27.3 Å². The van der Waals surface area contributed by atoms with Gasteiger partial charge in [0.2, 0.25) is 0 Å². The lowest BCUT2D eigenvalue weighted by Gasteiger charge is -2.08. The molecule has 0 radical (unpaired) electrons. The molecule has 5 nitrogen and oxygen atoms in total. The zero-order valence-electron chi connectivity index (χ0n) is 13.2. The van der Waals surface area contributed by atoms with Crippen molar-refractivity contribution in [3.05, 3.63) is 58.7 Å². The second-order valence-corrected chi connectivity index (χ2v) is 5.49. The minimum Gasteiger partial charge on any atom is -0.348 e. The number of rotatable bonds is 3. The van der Waals surface area contributed by atoms with Gasteiger partial charge in [0.1, 0.15) is 5.82 Å². The van der Waals surface area contributed by atoms with Crippen LogP contribution in [0.4, 0.5) is 4.39 Å². The third-order valence-corrected chi connectivity index (χ3v) is 3.74. The molecule has 0 spiro atoms. The number of benzene rings is 1. The Morgan fingerprint density at radius 2 is 2.04 bits per heavy atom. The van der Waals surface area contributed by atoms with E-state index in [4.69, 9.17) is 0 Å². The van der Waals surface area contributed by atoms with Gasteiger partial charge in [0.15, 0.2) is 5.65 Å². The van der Waals surface area contributed by atoms with E-state index in [1.54, 1.807) is 36.0 Å². The molecule has 3 aromatic rings. The summed E-state index contributed by atoms with van der Waals surface area (Å²) in [7, 11) is 1.79. The van der Waals surface area contributed by atoms with E-state index in [0.29, 0.717) is 16.8 Å². The predicted octanol–water partition coefficient (Wildman–Crippen LogP) is 2.65. The van der Waals surface area contributed by atoms with Crippen LogP contribution in [0.15, 0.2) is 30.3 Å². The first-order valence-corrected chi connectivity index (χ1v) is 7.30. The van der Waals surface area contributed by atoms with E-state index in [9.17, 15) is 9.18 Å². The maximum atomic E-state index is 13.7. The van der Waals surface area contributed by atoms with Gasteiger partial charge < -0.3 is 5.32 Å². The van der Waals surface area contributed by atoms with Crippen molar-refractivity contribution in [2.24, 2.45) is 7.05 Å². The maximum absolute atomic E-state index is 13.7. The zero-order chi connectivity index (χ0) is 16.6. The number of halogens is 1. The number of nitrogens with zero attached hydrogens (tertiary/aromatic N) is 3. The minimum atomic E-state index is -0.332. The molecular formula is C17H17FN4O. The van der Waals surface area contributed by atoms with Crippen molar-refractivity contribution in [3.63, 3.8) is 0 Å². The van der Waals surface area contributed by atoms with E-state index in [0.717, 1.165) is 16.8 Å². The van der Waals surface area contributed by atoms with Crippen LogP contribution in [0.2, 0.25) is 0 Å². The zero-order valence-corrected chi connectivity index (χ0v) is 13.2. The van der Waals surface area contributed by atoms with Crippen LogP contribution in [0.3, 0.4) is 0 Å². The number of hydrogen-bond acceptors (Lipinski definition) is 3. The Kier molecular flexibility index (Phi) is 3.82. The Labute approximate surface area is 133 Å². The third kappa shape index (κ3) is 2.79. The summed E-state index contributed by atoms with van der Waals surface area (Å²) in [6, 6.07) is 8.12. The van der Waals surface area contributed by atoms with Gasteiger partial charge >= 0.3 is 0 Å². The van der Waals surface area contributed by atoms with E-state index in [1.165, 1.54) is 6.07 Å². The molecular weight excluding hydrogens is 295 g/mol. The van der Waals surface area contributed by atoms with E-state index >= 15 is 0 Å². The Bertz CT molecular complexity index is 901. The highest BCUT2D eigenvalue weighted by Gasteiger charge is 2.17. The van der Waals surface area contributed by atoms with Crippen molar-refractivity contribution in [1.29, 1.82) is 0 Å². The van der Waals surface area contributed by atoms with Gasteiger partial charge in [0.25, 0.3) is 5.91 Å². The monoisotopic (exact) mass is 312 g/mol. The highest BCUT2D eigenvalue weighted by molar-refractivity contribution is 6.06. The molecule has 0 atom stereocenters. The van der Waals surface area contributed by atoms with Gasteiger partial charge in [0, 0.05) is 24.8 Å². The molecule has 6 heteroatoms. The van der Waals surface area contributed by atoms with Crippen molar-refractivity contribution in [3.8, 4) is 0 Å². The fourth-order valence-electron chi connectivity index (χ4n) is 2.66. The summed E-state index contributed by atoms with van der Waals surface area (Å²) < 4.78 is 15.3. The molecule has 23 heavy (non-hydrogen) atoms. The molecule has 0 unspecified atom stereocenters. The topological polar surface area (TPSA) is 59.8 Å². The summed E-state index contributed by atoms with van der Waals surface area (Å²) in [4.78, 5) is 17.0. The molecule has 1 N–H and O–H groups in total. The third-order valence-electron chi connectivity index (χ3n) is 3.74. The molecule has 0 saturated heterocycles. The van der Waals surface area contributed by atoms with E-state index < -0.39 is 0 Å². The predicted molar refractivity (Wildman–Crippen MR) is 85.6 cm³/mol. The molecule has 0 aliphatic heterocycles. The van der Waals surface area contributed by atoms with Gasteiger partial charge in [-0.15, -0.1) is 0 Å². The molecule has 2 aromatic heterocycles. The summed E-state index contributed by atoms with van der Waals surface area (Å²) in [6.07, 6.45) is 0. The lowest BCUT2D eigenvalue weighted by atomic mass is 10.1. The van der Waals surface area contributed by atoms with Gasteiger partial charge in [-0.1, -0.05) is 18.2 Å². The highest BCUT2D eigenvalue weighted by Crippen LogP contribution is 2.21. The number of amides is 1. The Balaban J connectivity index is 1.94. The average Bonchev–Trinajstić information content (AvgIpc) is 2.80. The summed E-state index contributed by atoms with van der Waals surface area (Å²) in [6.45, 7) is 3.80. The highest BCUT2D eigenvalue weighted by atomic mass is 19.1. The number of carbonyl (C=O) groups is 1. The summed E-state index contributed by atoms with van der Waals surface area (Å²) in [5.41, 5.74) is 3.10. The van der Waals surface area contributed by atoms with Crippen LogP contribution in [-0.4, -0.2) is 20.7 Å². The molecule has 0 aliphatic rings. The minimum absolute atomic E-state index is 0.133. The van der Waals surface area contributed by atoms with E-state index in [-0.39, 0.29) is 18.3 Å². The number of pyridine rings is 1. The lowest BCUT2D eigenvalue weighted by Crippen LogP contribution is -2.24. The Morgan fingerprint density at radius 3 is 2.78 bits per heavy atom. The van der Waals surface area contributed by atoms with Crippen LogP contribution in [-0.2, 0) is 13.6 Å². The molecule has 0 saturated carbocycles. The van der Waals surface area contributed by atoms with Crippen molar-refractivity contribution in [2.45, 2.75) is 20.4 Å². The molecule has 3 rings (SSSR count). The van der Waals surface area contributed by atoms with Crippen molar-refractivity contribution >= 4 is 16.9 Å². The van der Waals surface area contributed by atoms with E-state index in [2.05, 4.69) is 15.4 Å². The fourth-order valence-corrected chi connectivity index (χ4v) is 2.66. The normalized spacial score (nSPS) is 11.0. The number of nitrogens with one attached hydrogen (secondary N) is 1. The largest absolute Gasteiger partial charge is 0.348 e. The second-order valence-electron chi connectivity index (χ2n) is 5.49. The van der Waals surface area contributed by atoms with Crippen molar-refractivity contribution < 1.29 is 9.18 Å². The van der Waals surface area contributed by atoms with Gasteiger partial charge in [0.05, 0.1) is 16.6 Å². The summed E-state index contributed by atoms with van der Waals surface area (Å²) >= 11 is 0. The molecule has 1 amide bonds. The van der Waals surface area contributed by atoms with Gasteiger partial charge in [-0.3, -0.25) is 9.48 Å². The first kappa shape index (κ1) is 15.1. The lowest BCUT2D eigenvalue weighted by molar-refractivity contribution is 0.0952. The molecule has 0 aliphatic carbocycles. The van der Waals surface area contributed by atoms with Crippen LogP contribution in [0.5, 0.6) is 0 Å². The van der Waals surface area contributed by atoms with Crippen LogP contribution >= 0.6 is 0 Å². The first-order chi connectivity index (χ1) is 11.0. The van der Waals surface area contributed by atoms with Crippen LogP contribution in [0.25, 0.3) is 11.0 Å². The average molecular weight is 312 g/mol. The standard InChI is InChI=1S/C17H17FN4O/c1-10-8-13(15-11(2)21-22(3)16(15)20-10)17(23)19-9-12-6-4-5-7-14(12)18/h4-8H,9H2,1-3H3,(H,19,23). The number of hydrogen-bond donors (Lipinski definition) is 1. The molecule has 1 aromatic carbocycles. The van der Waals surface area contributed by atoms with Gasteiger partial charge in [-0.2, -0.15) is 5.10 Å². The van der Waals surface area contributed by atoms with Gasteiger partial charge in [-0.25, -0.2) is 9.37 Å². The quantitative estimate of drug-likeness (QED) is 0.809. The van der Waals surface area contributed by atoms with Crippen LogP contribution in [0, 0.1) is 19.7 Å². The second kappa shape index (κ2) is 5.79. The number of aryl methyl sites for hydroxylation is 3. The first-order valence-electron chi connectivity index (χ1n) is 7.30. The van der Waals surface area contributed by atoms with Crippen molar-refractivity contribution in [1.82, 2.24) is 20.1 Å². The van der Waals surface area contributed by atoms with Crippen molar-refractivity contribution in [2.75, 3.05) is 0 Å². The smallest absolute Gasteiger partial charge is 0.252 e. The van der Waals surface area contributed by atoms with E-state index in [1.807, 2.05) is 13.8 Å². The summed E-state index contributed by atoms with van der Waals surface area (Å²) in [5.74, 6) is -0.596. The Hall–Kier alpha value is -2.76. The number of carbonyl (C=O) groups excluding carboxylic acids is 1. The molecule has 118 valence electrons. The molecule has 2 heterocycles. The number of fused-ring (bicyclic) bond motifs is 1.